The van der Waals surface area contributed by atoms with Gasteiger partial charge in [-0.2, -0.15) is 16.9 Å². The van der Waals surface area contributed by atoms with Gasteiger partial charge in [0.05, 0.1) is 5.69 Å². The molecule has 0 aliphatic carbocycles. The summed E-state index contributed by atoms with van der Waals surface area (Å²) in [7, 11) is 0. The second-order valence-electron chi connectivity index (χ2n) is 5.13. The first-order valence-corrected chi connectivity index (χ1v) is 8.18. The summed E-state index contributed by atoms with van der Waals surface area (Å²) >= 11 is 1.89. The minimum Gasteiger partial charge on any atom is -0.399 e. The summed E-state index contributed by atoms with van der Waals surface area (Å²) in [5.74, 6) is 2.07. The van der Waals surface area contributed by atoms with Gasteiger partial charge in [-0.25, -0.2) is 4.68 Å². The van der Waals surface area contributed by atoms with Gasteiger partial charge in [-0.3, -0.25) is 4.79 Å². The predicted octanol–water partition coefficient (Wildman–Crippen LogP) is 2.08. The zero-order valence-electron chi connectivity index (χ0n) is 11.7. The van der Waals surface area contributed by atoms with Crippen LogP contribution in [-0.4, -0.2) is 33.2 Å². The highest BCUT2D eigenvalue weighted by Crippen LogP contribution is 2.17. The topological polar surface area (TPSA) is 72.9 Å². The Bertz CT molecular complexity index is 634. The molecule has 3 rings (SSSR count). The number of amides is 1. The third-order valence-corrected chi connectivity index (χ3v) is 4.67. The van der Waals surface area contributed by atoms with Crippen molar-refractivity contribution in [3.63, 3.8) is 0 Å². The van der Waals surface area contributed by atoms with Crippen LogP contribution in [0.4, 0.5) is 5.69 Å². The van der Waals surface area contributed by atoms with Crippen LogP contribution in [0.25, 0.3) is 5.69 Å². The largest absolute Gasteiger partial charge is 0.399 e. The molecule has 1 aromatic carbocycles. The number of carbonyl (C=O) groups is 1. The molecule has 1 fully saturated rings. The number of carbonyl (C=O) groups excluding carboxylic acids is 1. The molecule has 1 aliphatic heterocycles. The Balaban J connectivity index is 1.70. The molecule has 2 aromatic rings. The molecule has 3 N–H and O–H groups in total. The van der Waals surface area contributed by atoms with E-state index in [0.29, 0.717) is 11.4 Å². The maximum absolute atomic E-state index is 12.2. The second kappa shape index (κ2) is 6.22. The fraction of sp³-hybridized carbons (Fsp3) is 0.333. The fourth-order valence-electron chi connectivity index (χ4n) is 2.37. The zero-order valence-corrected chi connectivity index (χ0v) is 12.5. The van der Waals surface area contributed by atoms with Crippen LogP contribution >= 0.6 is 11.8 Å². The summed E-state index contributed by atoms with van der Waals surface area (Å²) in [6.07, 6.45) is 3.99. The van der Waals surface area contributed by atoms with Crippen molar-refractivity contribution in [3.05, 3.63) is 42.2 Å². The highest BCUT2D eigenvalue weighted by molar-refractivity contribution is 7.99. The third kappa shape index (κ3) is 3.39. The molecular formula is C15H18N4OS. The standard InChI is InChI=1S/C15H18N4OS/c16-11-3-1-5-13(9-11)19-7-6-14(18-19)15(20)17-12-4-2-8-21-10-12/h1,3,5-7,9,12H,2,4,8,10,16H2,(H,17,20). The van der Waals surface area contributed by atoms with Gasteiger partial charge in [0.1, 0.15) is 0 Å². The van der Waals surface area contributed by atoms with Gasteiger partial charge in [-0.1, -0.05) is 6.07 Å². The minimum absolute atomic E-state index is 0.106. The molecule has 110 valence electrons. The minimum atomic E-state index is -0.106. The Morgan fingerprint density at radius 1 is 1.43 bits per heavy atom. The summed E-state index contributed by atoms with van der Waals surface area (Å²) < 4.78 is 1.67. The molecule has 0 spiro atoms. The monoisotopic (exact) mass is 302 g/mol. The van der Waals surface area contributed by atoms with Crippen molar-refractivity contribution in [2.45, 2.75) is 18.9 Å². The Morgan fingerprint density at radius 2 is 2.33 bits per heavy atom. The quantitative estimate of drug-likeness (QED) is 0.851. The van der Waals surface area contributed by atoms with Crippen molar-refractivity contribution >= 4 is 23.4 Å². The number of thioether (sulfide) groups is 1. The Morgan fingerprint density at radius 3 is 3.10 bits per heavy atom. The first-order valence-electron chi connectivity index (χ1n) is 7.02. The van der Waals surface area contributed by atoms with E-state index in [1.54, 1.807) is 16.9 Å². The van der Waals surface area contributed by atoms with Crippen molar-refractivity contribution < 1.29 is 4.79 Å². The SMILES string of the molecule is Nc1cccc(-n2ccc(C(=O)NC3CCCSC3)n2)c1. The Labute approximate surface area is 127 Å². The van der Waals surface area contributed by atoms with Crippen LogP contribution in [-0.2, 0) is 0 Å². The number of hydrogen-bond donors (Lipinski definition) is 2. The lowest BCUT2D eigenvalue weighted by molar-refractivity contribution is 0.0933. The predicted molar refractivity (Wildman–Crippen MR) is 85.8 cm³/mol. The molecule has 0 radical (unpaired) electrons. The molecule has 21 heavy (non-hydrogen) atoms. The fourth-order valence-corrected chi connectivity index (χ4v) is 3.44. The van der Waals surface area contributed by atoms with E-state index < -0.39 is 0 Å². The molecule has 6 heteroatoms. The molecule has 1 atom stereocenters. The van der Waals surface area contributed by atoms with E-state index in [1.807, 2.05) is 36.0 Å². The van der Waals surface area contributed by atoms with Crippen LogP contribution in [0.2, 0.25) is 0 Å². The average Bonchev–Trinajstić information content (AvgIpc) is 2.98. The van der Waals surface area contributed by atoms with E-state index in [4.69, 9.17) is 5.73 Å². The molecular weight excluding hydrogens is 284 g/mol. The van der Waals surface area contributed by atoms with Crippen molar-refractivity contribution in [1.82, 2.24) is 15.1 Å². The van der Waals surface area contributed by atoms with Gasteiger partial charge in [0.25, 0.3) is 5.91 Å². The number of nitrogens with one attached hydrogen (secondary N) is 1. The number of nitrogens with zero attached hydrogens (tertiary/aromatic N) is 2. The number of nitrogens with two attached hydrogens (primary N) is 1. The van der Waals surface area contributed by atoms with Gasteiger partial charge in [0.2, 0.25) is 0 Å². The summed E-state index contributed by atoms with van der Waals surface area (Å²) in [6, 6.07) is 9.41. The molecule has 0 saturated carbocycles. The van der Waals surface area contributed by atoms with Crippen LogP contribution in [0.15, 0.2) is 36.5 Å². The van der Waals surface area contributed by atoms with Gasteiger partial charge in [-0.15, -0.1) is 0 Å². The van der Waals surface area contributed by atoms with Crippen LogP contribution in [0, 0.1) is 0 Å². The number of anilines is 1. The van der Waals surface area contributed by atoms with Crippen LogP contribution in [0.1, 0.15) is 23.3 Å². The molecule has 1 amide bonds. The van der Waals surface area contributed by atoms with Crippen molar-refractivity contribution in [2.24, 2.45) is 0 Å². The summed E-state index contributed by atoms with van der Waals surface area (Å²) in [6.45, 7) is 0. The number of rotatable bonds is 3. The molecule has 1 unspecified atom stereocenters. The van der Waals surface area contributed by atoms with Gasteiger partial charge < -0.3 is 11.1 Å². The van der Waals surface area contributed by atoms with E-state index in [0.717, 1.165) is 24.3 Å². The van der Waals surface area contributed by atoms with E-state index >= 15 is 0 Å². The number of benzene rings is 1. The van der Waals surface area contributed by atoms with Crippen LogP contribution in [0.5, 0.6) is 0 Å². The van der Waals surface area contributed by atoms with E-state index in [9.17, 15) is 4.79 Å². The number of hydrogen-bond acceptors (Lipinski definition) is 4. The van der Waals surface area contributed by atoms with E-state index in [-0.39, 0.29) is 11.9 Å². The Hall–Kier alpha value is -1.95. The smallest absolute Gasteiger partial charge is 0.272 e. The molecule has 1 aliphatic rings. The van der Waals surface area contributed by atoms with Crippen LogP contribution < -0.4 is 11.1 Å². The summed E-state index contributed by atoms with van der Waals surface area (Å²) in [5, 5.41) is 7.38. The lowest BCUT2D eigenvalue weighted by atomic mass is 10.2. The maximum Gasteiger partial charge on any atom is 0.272 e. The lowest BCUT2D eigenvalue weighted by Crippen LogP contribution is -2.38. The summed E-state index contributed by atoms with van der Waals surface area (Å²) in [5.41, 5.74) is 7.73. The van der Waals surface area contributed by atoms with Gasteiger partial charge in [0.15, 0.2) is 5.69 Å². The lowest BCUT2D eigenvalue weighted by Gasteiger charge is -2.21. The molecule has 5 nitrogen and oxygen atoms in total. The zero-order chi connectivity index (χ0) is 14.7. The van der Waals surface area contributed by atoms with Gasteiger partial charge in [-0.05, 0) is 42.9 Å². The van der Waals surface area contributed by atoms with E-state index in [1.165, 1.54) is 5.75 Å². The van der Waals surface area contributed by atoms with Crippen molar-refractivity contribution in [3.8, 4) is 5.69 Å². The van der Waals surface area contributed by atoms with Gasteiger partial charge >= 0.3 is 0 Å². The first-order chi connectivity index (χ1) is 10.2. The normalized spacial score (nSPS) is 18.4. The number of aromatic nitrogens is 2. The number of nitrogen functional groups attached to an aromatic ring is 1. The van der Waals surface area contributed by atoms with Crippen molar-refractivity contribution in [2.75, 3.05) is 17.2 Å². The molecule has 2 heterocycles. The van der Waals surface area contributed by atoms with Gasteiger partial charge in [0, 0.05) is 23.7 Å². The van der Waals surface area contributed by atoms with E-state index in [2.05, 4.69) is 10.4 Å². The Kier molecular flexibility index (Phi) is 4.15. The first kappa shape index (κ1) is 14.0. The van der Waals surface area contributed by atoms with Crippen molar-refractivity contribution in [1.29, 1.82) is 0 Å². The molecule has 0 bridgehead atoms. The molecule has 1 aromatic heterocycles. The molecule has 1 saturated heterocycles. The summed E-state index contributed by atoms with van der Waals surface area (Å²) in [4.78, 5) is 12.2. The highest BCUT2D eigenvalue weighted by Gasteiger charge is 2.18. The maximum atomic E-state index is 12.2. The third-order valence-electron chi connectivity index (χ3n) is 3.45. The van der Waals surface area contributed by atoms with Crippen LogP contribution in [0.3, 0.4) is 0 Å². The average molecular weight is 302 g/mol. The highest BCUT2D eigenvalue weighted by atomic mass is 32.2. The second-order valence-corrected chi connectivity index (χ2v) is 6.28.